The van der Waals surface area contributed by atoms with E-state index in [1.165, 1.54) is 4.90 Å². The van der Waals surface area contributed by atoms with Gasteiger partial charge in [0.2, 0.25) is 0 Å². The molecule has 0 saturated carbocycles. The van der Waals surface area contributed by atoms with E-state index in [-0.39, 0.29) is 18.4 Å². The van der Waals surface area contributed by atoms with Crippen LogP contribution in [0.4, 0.5) is 0 Å². The molecule has 3 aromatic carbocycles. The van der Waals surface area contributed by atoms with Crippen molar-refractivity contribution in [3.05, 3.63) is 107 Å². The van der Waals surface area contributed by atoms with Crippen molar-refractivity contribution < 1.29 is 14.3 Å². The molecule has 5 nitrogen and oxygen atoms in total. The molecule has 4 rings (SSSR count). The minimum atomic E-state index is -0.263. The number of hydrogen-bond donors (Lipinski definition) is 0. The predicted octanol–water partition coefficient (Wildman–Crippen LogP) is 4.81. The van der Waals surface area contributed by atoms with Gasteiger partial charge in [-0.05, 0) is 42.7 Å². The number of likely N-dealkylation sites (N-methyl/N-ethyl adjacent to an activating group) is 1. The largest absolute Gasteiger partial charge is 0.497 e. The van der Waals surface area contributed by atoms with Gasteiger partial charge in [-0.25, -0.2) is 0 Å². The third kappa shape index (κ3) is 4.67. The predicted molar refractivity (Wildman–Crippen MR) is 129 cm³/mol. The molecular weight excluding hydrogens is 412 g/mol. The minimum absolute atomic E-state index is 0.212. The van der Waals surface area contributed by atoms with Crippen molar-refractivity contribution in [3.8, 4) is 5.75 Å². The smallest absolute Gasteiger partial charge is 0.278 e. The molecule has 1 aliphatic heterocycles. The highest BCUT2D eigenvalue weighted by atomic mass is 16.5. The lowest BCUT2D eigenvalue weighted by Gasteiger charge is -2.25. The Morgan fingerprint density at radius 1 is 0.818 bits per heavy atom. The van der Waals surface area contributed by atoms with Crippen LogP contribution >= 0.6 is 0 Å². The Hall–Kier alpha value is -3.86. The number of imide groups is 1. The second kappa shape index (κ2) is 9.74. The summed E-state index contributed by atoms with van der Waals surface area (Å²) in [5.41, 5.74) is 4.74. The fraction of sp³-hybridized carbons (Fsp3) is 0.214. The van der Waals surface area contributed by atoms with Crippen molar-refractivity contribution >= 4 is 17.4 Å². The van der Waals surface area contributed by atoms with E-state index in [1.54, 1.807) is 7.11 Å². The molecular formula is C28H28N2O3. The van der Waals surface area contributed by atoms with Gasteiger partial charge in [-0.3, -0.25) is 14.5 Å². The second-order valence-corrected chi connectivity index (χ2v) is 8.13. The van der Waals surface area contributed by atoms with E-state index in [9.17, 15) is 9.59 Å². The first-order chi connectivity index (χ1) is 16.0. The third-order valence-electron chi connectivity index (χ3n) is 5.90. The van der Waals surface area contributed by atoms with Gasteiger partial charge in [0.05, 0.1) is 19.2 Å². The molecule has 3 aromatic rings. The maximum absolute atomic E-state index is 13.7. The van der Waals surface area contributed by atoms with Gasteiger partial charge >= 0.3 is 0 Å². The Balaban J connectivity index is 1.72. The number of benzene rings is 3. The summed E-state index contributed by atoms with van der Waals surface area (Å²) in [4.78, 5) is 30.6. The lowest BCUT2D eigenvalue weighted by atomic mass is 10.0. The summed E-state index contributed by atoms with van der Waals surface area (Å²) in [6.45, 7) is 5.38. The first-order valence-electron chi connectivity index (χ1n) is 11.1. The molecule has 0 aliphatic carbocycles. The SMILES string of the molecule is CCN(Cc1ccccc1)C1=C(c2ccc(C)cc2)C(=O)N(Cc2ccc(OC)cc2)C1=O. The molecule has 0 bridgehead atoms. The van der Waals surface area contributed by atoms with Gasteiger partial charge in [0.1, 0.15) is 11.4 Å². The second-order valence-electron chi connectivity index (χ2n) is 8.13. The number of rotatable bonds is 8. The standard InChI is InChI=1S/C28H28N2O3/c1-4-29(18-21-8-6-5-7-9-21)26-25(23-14-10-20(2)11-15-23)27(31)30(28(26)32)19-22-12-16-24(33-3)17-13-22/h5-17H,4,18-19H2,1-3H3. The van der Waals surface area contributed by atoms with Crippen LogP contribution in [-0.2, 0) is 22.7 Å². The van der Waals surface area contributed by atoms with Gasteiger partial charge in [0.25, 0.3) is 11.8 Å². The van der Waals surface area contributed by atoms with E-state index in [1.807, 2.05) is 97.6 Å². The molecule has 0 aromatic heterocycles. The zero-order valence-corrected chi connectivity index (χ0v) is 19.2. The fourth-order valence-electron chi connectivity index (χ4n) is 4.05. The molecule has 0 radical (unpaired) electrons. The summed E-state index contributed by atoms with van der Waals surface area (Å²) >= 11 is 0. The van der Waals surface area contributed by atoms with Crippen LogP contribution in [0, 0.1) is 6.92 Å². The topological polar surface area (TPSA) is 49.9 Å². The van der Waals surface area contributed by atoms with E-state index in [0.29, 0.717) is 24.4 Å². The number of hydrogen-bond acceptors (Lipinski definition) is 4. The molecule has 33 heavy (non-hydrogen) atoms. The highest BCUT2D eigenvalue weighted by Crippen LogP contribution is 2.33. The van der Waals surface area contributed by atoms with Crippen molar-refractivity contribution in [2.75, 3.05) is 13.7 Å². The van der Waals surface area contributed by atoms with E-state index >= 15 is 0 Å². The van der Waals surface area contributed by atoms with Gasteiger partial charge in [-0.1, -0.05) is 72.3 Å². The van der Waals surface area contributed by atoms with E-state index in [2.05, 4.69) is 0 Å². The van der Waals surface area contributed by atoms with Gasteiger partial charge in [-0.15, -0.1) is 0 Å². The van der Waals surface area contributed by atoms with E-state index < -0.39 is 0 Å². The minimum Gasteiger partial charge on any atom is -0.497 e. The van der Waals surface area contributed by atoms with Gasteiger partial charge in [0, 0.05) is 13.1 Å². The monoisotopic (exact) mass is 440 g/mol. The van der Waals surface area contributed by atoms with Crippen molar-refractivity contribution in [3.63, 3.8) is 0 Å². The summed E-state index contributed by atoms with van der Waals surface area (Å²) in [6.07, 6.45) is 0. The Labute approximate surface area is 194 Å². The van der Waals surface area contributed by atoms with Gasteiger partial charge in [-0.2, -0.15) is 0 Å². The maximum Gasteiger partial charge on any atom is 0.278 e. The number of ether oxygens (including phenoxy) is 1. The molecule has 0 N–H and O–H groups in total. The number of methoxy groups -OCH3 is 1. The van der Waals surface area contributed by atoms with E-state index in [4.69, 9.17) is 4.74 Å². The van der Waals surface area contributed by atoms with Crippen LogP contribution in [0.1, 0.15) is 29.2 Å². The first kappa shape index (κ1) is 22.3. The average molecular weight is 441 g/mol. The van der Waals surface area contributed by atoms with Crippen LogP contribution in [0.25, 0.3) is 5.57 Å². The molecule has 0 atom stereocenters. The van der Waals surface area contributed by atoms with Gasteiger partial charge in [0.15, 0.2) is 0 Å². The highest BCUT2D eigenvalue weighted by Gasteiger charge is 2.41. The maximum atomic E-state index is 13.7. The van der Waals surface area contributed by atoms with Crippen LogP contribution in [0.3, 0.4) is 0 Å². The summed E-state index contributed by atoms with van der Waals surface area (Å²) in [5, 5.41) is 0. The molecule has 0 unspecified atom stereocenters. The molecule has 168 valence electrons. The lowest BCUT2D eigenvalue weighted by Crippen LogP contribution is -2.34. The Kier molecular flexibility index (Phi) is 6.59. The summed E-state index contributed by atoms with van der Waals surface area (Å²) in [6, 6.07) is 25.2. The number of carbonyl (C=O) groups excluding carboxylic acids is 2. The zero-order chi connectivity index (χ0) is 23.4. The van der Waals surface area contributed by atoms with Crippen LogP contribution in [0.15, 0.2) is 84.6 Å². The van der Waals surface area contributed by atoms with Gasteiger partial charge < -0.3 is 9.64 Å². The molecule has 1 heterocycles. The zero-order valence-electron chi connectivity index (χ0n) is 19.2. The summed E-state index contributed by atoms with van der Waals surface area (Å²) < 4.78 is 5.22. The van der Waals surface area contributed by atoms with Crippen molar-refractivity contribution in [2.45, 2.75) is 26.9 Å². The number of aryl methyl sites for hydroxylation is 1. The van der Waals surface area contributed by atoms with Crippen LogP contribution in [0.5, 0.6) is 5.75 Å². The fourth-order valence-corrected chi connectivity index (χ4v) is 4.05. The highest BCUT2D eigenvalue weighted by molar-refractivity contribution is 6.35. The molecule has 5 heteroatoms. The van der Waals surface area contributed by atoms with Crippen LogP contribution in [0.2, 0.25) is 0 Å². The number of carbonyl (C=O) groups is 2. The Bertz CT molecular complexity index is 1170. The first-order valence-corrected chi connectivity index (χ1v) is 11.1. The molecule has 0 fully saturated rings. The molecule has 0 spiro atoms. The normalized spacial score (nSPS) is 13.6. The number of amides is 2. The number of nitrogens with zero attached hydrogens (tertiary/aromatic N) is 2. The Morgan fingerprint density at radius 3 is 2.09 bits per heavy atom. The van der Waals surface area contributed by atoms with Crippen molar-refractivity contribution in [2.24, 2.45) is 0 Å². The molecule has 1 aliphatic rings. The molecule has 2 amide bonds. The summed E-state index contributed by atoms with van der Waals surface area (Å²) in [7, 11) is 1.61. The molecule has 0 saturated heterocycles. The van der Waals surface area contributed by atoms with Crippen LogP contribution in [-0.4, -0.2) is 35.3 Å². The van der Waals surface area contributed by atoms with Crippen molar-refractivity contribution in [1.29, 1.82) is 0 Å². The summed E-state index contributed by atoms with van der Waals surface area (Å²) in [5.74, 6) is 0.211. The van der Waals surface area contributed by atoms with E-state index in [0.717, 1.165) is 28.0 Å². The average Bonchev–Trinajstić information content (AvgIpc) is 3.09. The third-order valence-corrected chi connectivity index (χ3v) is 5.90. The quantitative estimate of drug-likeness (QED) is 0.472. The van der Waals surface area contributed by atoms with Crippen LogP contribution < -0.4 is 4.74 Å². The lowest BCUT2D eigenvalue weighted by molar-refractivity contribution is -0.138. The Morgan fingerprint density at radius 2 is 1.48 bits per heavy atom. The van der Waals surface area contributed by atoms with Crippen molar-refractivity contribution in [1.82, 2.24) is 9.80 Å².